The summed E-state index contributed by atoms with van der Waals surface area (Å²) < 4.78 is 5.28. The number of amides is 2. The number of carbonyl (C=O) groups excluding carboxylic acids is 4. The quantitative estimate of drug-likeness (QED) is 0.475. The van der Waals surface area contributed by atoms with Crippen LogP contribution < -0.4 is 5.32 Å². The zero-order valence-corrected chi connectivity index (χ0v) is 12.2. The molecule has 2 rings (SSSR count). The molecule has 1 atom stereocenters. The molecule has 0 radical (unpaired) electrons. The number of piperidine rings is 1. The predicted molar refractivity (Wildman–Crippen MR) is 73.0 cm³/mol. The van der Waals surface area contributed by atoms with Crippen LogP contribution in [-0.4, -0.2) is 29.2 Å². The third-order valence-corrected chi connectivity index (χ3v) is 3.71. The largest absolute Gasteiger partial charge is 0.455 e. The Morgan fingerprint density at radius 1 is 1.33 bits per heavy atom. The van der Waals surface area contributed by atoms with Gasteiger partial charge in [0.2, 0.25) is 11.8 Å². The van der Waals surface area contributed by atoms with Crippen LogP contribution in [0.15, 0.2) is 11.6 Å². The number of imide groups is 1. The smallest absolute Gasteiger partial charge is 0.334 e. The maximum atomic E-state index is 11.8. The van der Waals surface area contributed by atoms with Crippen molar-refractivity contribution < 1.29 is 23.9 Å². The summed E-state index contributed by atoms with van der Waals surface area (Å²) in [5.74, 6) is -1.06. The lowest BCUT2D eigenvalue weighted by Gasteiger charge is -2.20. The average molecular weight is 293 g/mol. The van der Waals surface area contributed by atoms with Crippen LogP contribution in [0.25, 0.3) is 0 Å². The number of rotatable bonds is 4. The van der Waals surface area contributed by atoms with Crippen LogP contribution in [0.3, 0.4) is 0 Å². The molecule has 0 aromatic heterocycles. The van der Waals surface area contributed by atoms with Gasteiger partial charge in [-0.1, -0.05) is 6.08 Å². The lowest BCUT2D eigenvalue weighted by molar-refractivity contribution is -0.147. The number of hydrogen-bond acceptors (Lipinski definition) is 5. The van der Waals surface area contributed by atoms with Crippen LogP contribution in [0, 0.1) is 5.92 Å². The van der Waals surface area contributed by atoms with Gasteiger partial charge in [0.1, 0.15) is 11.4 Å². The molecule has 6 heteroatoms. The summed E-state index contributed by atoms with van der Waals surface area (Å²) in [5, 5.41) is 2.25. The molecule has 1 N–H and O–H groups in total. The first-order chi connectivity index (χ1) is 9.77. The SMILES string of the molecule is CC(=O)CC1(C)C/C(=C\CC2CC(=O)NC(=O)C2)C(=O)O1. The Balaban J connectivity index is 1.98. The Kier molecular flexibility index (Phi) is 4.25. The molecule has 1 unspecified atom stereocenters. The highest BCUT2D eigenvalue weighted by Crippen LogP contribution is 2.34. The molecule has 0 saturated carbocycles. The molecule has 2 aliphatic heterocycles. The van der Waals surface area contributed by atoms with E-state index in [9.17, 15) is 19.2 Å². The van der Waals surface area contributed by atoms with Crippen molar-refractivity contribution in [2.75, 3.05) is 0 Å². The fourth-order valence-corrected chi connectivity index (χ4v) is 2.91. The van der Waals surface area contributed by atoms with Crippen molar-refractivity contribution in [1.82, 2.24) is 5.32 Å². The van der Waals surface area contributed by atoms with Crippen molar-refractivity contribution in [2.24, 2.45) is 5.92 Å². The zero-order chi connectivity index (χ0) is 15.6. The van der Waals surface area contributed by atoms with Crippen molar-refractivity contribution in [3.8, 4) is 0 Å². The molecule has 21 heavy (non-hydrogen) atoms. The highest BCUT2D eigenvalue weighted by molar-refractivity contribution is 5.97. The van der Waals surface area contributed by atoms with Crippen LogP contribution in [0.1, 0.15) is 46.0 Å². The number of nitrogens with one attached hydrogen (secondary N) is 1. The van der Waals surface area contributed by atoms with Crippen LogP contribution in [0.2, 0.25) is 0 Å². The van der Waals surface area contributed by atoms with Crippen molar-refractivity contribution in [1.29, 1.82) is 0 Å². The van der Waals surface area contributed by atoms with E-state index in [0.29, 0.717) is 18.4 Å². The number of hydrogen-bond donors (Lipinski definition) is 1. The third-order valence-electron chi connectivity index (χ3n) is 3.71. The molecule has 114 valence electrons. The number of esters is 1. The van der Waals surface area contributed by atoms with Crippen molar-refractivity contribution in [3.05, 3.63) is 11.6 Å². The molecule has 2 aliphatic rings. The number of Topliss-reactive ketones (excluding diaryl/α,β-unsaturated/α-hetero) is 1. The standard InChI is InChI=1S/C15H19NO5/c1-9(17)7-15(2)8-11(14(20)21-15)4-3-10-5-12(18)16-13(19)6-10/h4,10H,3,5-8H2,1-2H3,(H,16,18,19)/b11-4+. The zero-order valence-electron chi connectivity index (χ0n) is 12.2. The topological polar surface area (TPSA) is 89.5 Å². The highest BCUT2D eigenvalue weighted by Gasteiger charge is 2.40. The number of ether oxygens (including phenoxy) is 1. The van der Waals surface area contributed by atoms with E-state index >= 15 is 0 Å². The van der Waals surface area contributed by atoms with Gasteiger partial charge in [0.15, 0.2) is 0 Å². The molecule has 0 aliphatic carbocycles. The molecule has 0 spiro atoms. The van der Waals surface area contributed by atoms with Gasteiger partial charge in [-0.2, -0.15) is 0 Å². The summed E-state index contributed by atoms with van der Waals surface area (Å²) in [4.78, 5) is 45.6. The Morgan fingerprint density at radius 3 is 2.52 bits per heavy atom. The van der Waals surface area contributed by atoms with Gasteiger partial charge in [0.05, 0.1) is 0 Å². The normalized spacial score (nSPS) is 28.7. The van der Waals surface area contributed by atoms with Crippen LogP contribution in [0.5, 0.6) is 0 Å². The van der Waals surface area contributed by atoms with Gasteiger partial charge in [-0.3, -0.25) is 19.7 Å². The fourth-order valence-electron chi connectivity index (χ4n) is 2.91. The molecule has 2 fully saturated rings. The van der Waals surface area contributed by atoms with Crippen LogP contribution >= 0.6 is 0 Å². The maximum absolute atomic E-state index is 11.8. The molecule has 0 aromatic carbocycles. The summed E-state index contributed by atoms with van der Waals surface area (Å²) >= 11 is 0. The minimum atomic E-state index is -0.769. The number of allylic oxidation sites excluding steroid dienone is 1. The summed E-state index contributed by atoms with van der Waals surface area (Å²) in [6, 6.07) is 0. The maximum Gasteiger partial charge on any atom is 0.334 e. The van der Waals surface area contributed by atoms with Crippen molar-refractivity contribution >= 4 is 23.6 Å². The fraction of sp³-hybridized carbons (Fsp3) is 0.600. The Morgan fingerprint density at radius 2 is 1.95 bits per heavy atom. The Hall–Kier alpha value is -1.98. The summed E-state index contributed by atoms with van der Waals surface area (Å²) in [6.07, 6.45) is 3.38. The molecular weight excluding hydrogens is 274 g/mol. The van der Waals surface area contributed by atoms with Crippen molar-refractivity contribution in [3.63, 3.8) is 0 Å². The second kappa shape index (κ2) is 5.79. The summed E-state index contributed by atoms with van der Waals surface area (Å²) in [7, 11) is 0. The summed E-state index contributed by atoms with van der Waals surface area (Å²) in [6.45, 7) is 3.21. The molecule has 2 heterocycles. The van der Waals surface area contributed by atoms with E-state index in [-0.39, 0.29) is 42.8 Å². The van der Waals surface area contributed by atoms with E-state index in [1.807, 2.05) is 0 Å². The van der Waals surface area contributed by atoms with E-state index in [4.69, 9.17) is 4.74 Å². The van der Waals surface area contributed by atoms with Crippen LogP contribution in [0.4, 0.5) is 0 Å². The first-order valence-electron chi connectivity index (χ1n) is 7.02. The van der Waals surface area contributed by atoms with E-state index in [0.717, 1.165) is 0 Å². The number of ketones is 1. The van der Waals surface area contributed by atoms with Gasteiger partial charge in [-0.25, -0.2) is 4.79 Å². The van der Waals surface area contributed by atoms with E-state index < -0.39 is 11.6 Å². The molecule has 2 saturated heterocycles. The van der Waals surface area contributed by atoms with Gasteiger partial charge in [-0.15, -0.1) is 0 Å². The Bertz CT molecular complexity index is 520. The van der Waals surface area contributed by atoms with Gasteiger partial charge in [0.25, 0.3) is 0 Å². The summed E-state index contributed by atoms with van der Waals surface area (Å²) in [5.41, 5.74) is -0.244. The van der Waals surface area contributed by atoms with Gasteiger partial charge >= 0.3 is 5.97 Å². The van der Waals surface area contributed by atoms with E-state index in [1.54, 1.807) is 13.0 Å². The third kappa shape index (κ3) is 4.00. The lowest BCUT2D eigenvalue weighted by Crippen LogP contribution is -2.38. The van der Waals surface area contributed by atoms with Gasteiger partial charge in [-0.05, 0) is 26.2 Å². The first kappa shape index (κ1) is 15.4. The van der Waals surface area contributed by atoms with E-state index in [1.165, 1.54) is 6.92 Å². The van der Waals surface area contributed by atoms with Gasteiger partial charge in [0, 0.05) is 31.3 Å². The molecule has 0 aromatic rings. The molecule has 6 nitrogen and oxygen atoms in total. The second-order valence-electron chi connectivity index (χ2n) is 6.11. The average Bonchev–Trinajstić information content (AvgIpc) is 2.59. The number of carbonyl (C=O) groups is 4. The second-order valence-corrected chi connectivity index (χ2v) is 6.11. The Labute approximate surface area is 122 Å². The predicted octanol–water partition coefficient (Wildman–Crippen LogP) is 1.04. The highest BCUT2D eigenvalue weighted by atomic mass is 16.6. The lowest BCUT2D eigenvalue weighted by atomic mass is 9.90. The molecule has 2 amide bonds. The first-order valence-corrected chi connectivity index (χ1v) is 7.02. The minimum absolute atomic E-state index is 0.0268. The molecule has 0 bridgehead atoms. The number of cyclic esters (lactones) is 1. The van der Waals surface area contributed by atoms with E-state index in [2.05, 4.69) is 5.32 Å². The molecular formula is C15H19NO5. The monoisotopic (exact) mass is 293 g/mol. The van der Waals surface area contributed by atoms with Gasteiger partial charge < -0.3 is 4.74 Å². The van der Waals surface area contributed by atoms with Crippen LogP contribution in [-0.2, 0) is 23.9 Å². The minimum Gasteiger partial charge on any atom is -0.455 e. The van der Waals surface area contributed by atoms with Crippen molar-refractivity contribution in [2.45, 2.75) is 51.6 Å².